The van der Waals surface area contributed by atoms with Crippen molar-refractivity contribution >= 4 is 11.7 Å². The third kappa shape index (κ3) is 3.06. The Morgan fingerprint density at radius 1 is 1.43 bits per heavy atom. The molecule has 76 valence electrons. The third-order valence-electron chi connectivity index (χ3n) is 1.75. The summed E-state index contributed by atoms with van der Waals surface area (Å²) in [6, 6.07) is 8.96. The molecule has 4 nitrogen and oxygen atoms in total. The molecule has 0 aliphatic carbocycles. The zero-order valence-electron chi connectivity index (χ0n) is 8.23. The second kappa shape index (κ2) is 5.24. The summed E-state index contributed by atoms with van der Waals surface area (Å²) in [7, 11) is 0. The van der Waals surface area contributed by atoms with Gasteiger partial charge in [-0.15, -0.1) is 0 Å². The summed E-state index contributed by atoms with van der Waals surface area (Å²) in [4.78, 5) is 11.4. The van der Waals surface area contributed by atoms with Crippen LogP contribution in [-0.2, 0) is 0 Å². The molecule has 4 heteroatoms. The fraction of sp³-hybridized carbons (Fsp3) is 0.300. The van der Waals surface area contributed by atoms with Crippen molar-refractivity contribution in [2.75, 3.05) is 11.9 Å². The lowest BCUT2D eigenvalue weighted by molar-refractivity contribution is 0.213. The van der Waals surface area contributed by atoms with Crippen LogP contribution in [0.2, 0.25) is 0 Å². The maximum Gasteiger partial charge on any atom is 0.335 e. The van der Waals surface area contributed by atoms with E-state index in [9.17, 15) is 4.79 Å². The summed E-state index contributed by atoms with van der Waals surface area (Å²) in [5.74, 6) is 5.50. The summed E-state index contributed by atoms with van der Waals surface area (Å²) >= 11 is 0. The van der Waals surface area contributed by atoms with Gasteiger partial charge in [0.2, 0.25) is 0 Å². The Morgan fingerprint density at radius 2 is 2.07 bits per heavy atom. The van der Waals surface area contributed by atoms with Crippen molar-refractivity contribution < 1.29 is 4.79 Å². The summed E-state index contributed by atoms with van der Waals surface area (Å²) < 4.78 is 0. The Kier molecular flexibility index (Phi) is 3.94. The van der Waals surface area contributed by atoms with Crippen molar-refractivity contribution in [2.24, 2.45) is 5.84 Å². The molecule has 0 aromatic heterocycles. The quantitative estimate of drug-likeness (QED) is 0.437. The van der Waals surface area contributed by atoms with Gasteiger partial charge in [-0.3, -0.25) is 5.01 Å². The largest absolute Gasteiger partial charge is 0.335 e. The number of hydrogen-bond acceptors (Lipinski definition) is 2. The highest BCUT2D eigenvalue weighted by molar-refractivity contribution is 5.88. The lowest BCUT2D eigenvalue weighted by Gasteiger charge is -2.16. The first-order chi connectivity index (χ1) is 6.74. The van der Waals surface area contributed by atoms with E-state index in [4.69, 9.17) is 5.84 Å². The molecule has 1 aromatic rings. The van der Waals surface area contributed by atoms with Gasteiger partial charge in [-0.2, -0.15) is 0 Å². The number of hydrogen-bond donors (Lipinski definition) is 2. The summed E-state index contributed by atoms with van der Waals surface area (Å²) in [5.41, 5.74) is 0.754. The number of urea groups is 1. The standard InChI is InChI=1S/C10H15N3O/c1-2-8-13(11)10(14)12-9-6-4-3-5-7-9/h3-7H,2,8,11H2,1H3,(H,12,14). The topological polar surface area (TPSA) is 58.4 Å². The molecule has 0 aliphatic heterocycles. The fourth-order valence-electron chi connectivity index (χ4n) is 1.06. The van der Waals surface area contributed by atoms with Gasteiger partial charge in [0.1, 0.15) is 0 Å². The Morgan fingerprint density at radius 3 is 2.64 bits per heavy atom. The van der Waals surface area contributed by atoms with E-state index in [1.54, 1.807) is 0 Å². The van der Waals surface area contributed by atoms with Crippen molar-refractivity contribution in [1.82, 2.24) is 5.01 Å². The Hall–Kier alpha value is -1.55. The number of nitrogens with one attached hydrogen (secondary N) is 1. The van der Waals surface area contributed by atoms with Crippen molar-refractivity contribution in [2.45, 2.75) is 13.3 Å². The van der Waals surface area contributed by atoms with Crippen LogP contribution in [0.1, 0.15) is 13.3 Å². The second-order valence-electron chi connectivity index (χ2n) is 2.99. The van der Waals surface area contributed by atoms with Crippen molar-refractivity contribution in [3.8, 4) is 0 Å². The molecule has 2 amide bonds. The molecule has 0 fully saturated rings. The highest BCUT2D eigenvalue weighted by Gasteiger charge is 2.06. The minimum atomic E-state index is -0.280. The number of nitrogens with zero attached hydrogens (tertiary/aromatic N) is 1. The molecule has 3 N–H and O–H groups in total. The van der Waals surface area contributed by atoms with Gasteiger partial charge in [0, 0.05) is 12.2 Å². The molecule has 1 aromatic carbocycles. The van der Waals surface area contributed by atoms with Crippen LogP contribution >= 0.6 is 0 Å². The predicted octanol–water partition coefficient (Wildman–Crippen LogP) is 1.80. The molecule has 1 rings (SSSR count). The molecule has 0 radical (unpaired) electrons. The lowest BCUT2D eigenvalue weighted by atomic mass is 10.3. The summed E-state index contributed by atoms with van der Waals surface area (Å²) in [6.07, 6.45) is 0.846. The first-order valence-electron chi connectivity index (χ1n) is 4.62. The number of para-hydroxylation sites is 1. The van der Waals surface area contributed by atoms with Gasteiger partial charge in [0.25, 0.3) is 0 Å². The van der Waals surface area contributed by atoms with Crippen LogP contribution in [0.25, 0.3) is 0 Å². The zero-order valence-corrected chi connectivity index (χ0v) is 8.23. The molecule has 0 heterocycles. The number of hydrazine groups is 1. The molecule has 14 heavy (non-hydrogen) atoms. The van der Waals surface area contributed by atoms with Gasteiger partial charge in [-0.05, 0) is 18.6 Å². The van der Waals surface area contributed by atoms with E-state index in [-0.39, 0.29) is 6.03 Å². The van der Waals surface area contributed by atoms with E-state index < -0.39 is 0 Å². The molecule has 0 aliphatic rings. The molecule has 0 saturated carbocycles. The van der Waals surface area contributed by atoms with Crippen molar-refractivity contribution in [1.29, 1.82) is 0 Å². The number of rotatable bonds is 3. The maximum absolute atomic E-state index is 11.4. The highest BCUT2D eigenvalue weighted by Crippen LogP contribution is 2.05. The number of nitrogens with two attached hydrogens (primary N) is 1. The second-order valence-corrected chi connectivity index (χ2v) is 2.99. The zero-order chi connectivity index (χ0) is 10.4. The van der Waals surface area contributed by atoms with Crippen molar-refractivity contribution in [3.63, 3.8) is 0 Å². The van der Waals surface area contributed by atoms with Crippen LogP contribution in [0.3, 0.4) is 0 Å². The normalized spacial score (nSPS) is 9.57. The van der Waals surface area contributed by atoms with Crippen LogP contribution in [0, 0.1) is 0 Å². The van der Waals surface area contributed by atoms with Gasteiger partial charge >= 0.3 is 6.03 Å². The number of carbonyl (C=O) groups is 1. The Bertz CT molecular complexity index is 287. The van der Waals surface area contributed by atoms with E-state index >= 15 is 0 Å². The number of amides is 2. The van der Waals surface area contributed by atoms with Gasteiger partial charge < -0.3 is 5.32 Å². The molecule has 0 atom stereocenters. The molecule has 0 saturated heterocycles. The molecule has 0 spiro atoms. The smallest absolute Gasteiger partial charge is 0.307 e. The summed E-state index contributed by atoms with van der Waals surface area (Å²) in [5, 5.41) is 3.86. The van der Waals surface area contributed by atoms with Gasteiger partial charge in [-0.25, -0.2) is 10.6 Å². The van der Waals surface area contributed by atoms with E-state index in [2.05, 4.69) is 5.32 Å². The van der Waals surface area contributed by atoms with Gasteiger partial charge in [-0.1, -0.05) is 25.1 Å². The van der Waals surface area contributed by atoms with Crippen LogP contribution in [0.5, 0.6) is 0 Å². The number of anilines is 1. The first-order valence-corrected chi connectivity index (χ1v) is 4.62. The predicted molar refractivity (Wildman–Crippen MR) is 56.6 cm³/mol. The van der Waals surface area contributed by atoms with E-state index in [1.807, 2.05) is 37.3 Å². The number of benzene rings is 1. The van der Waals surface area contributed by atoms with Crippen LogP contribution in [-0.4, -0.2) is 17.6 Å². The Balaban J connectivity index is 2.49. The van der Waals surface area contributed by atoms with Gasteiger partial charge in [0.05, 0.1) is 0 Å². The third-order valence-corrected chi connectivity index (χ3v) is 1.75. The average molecular weight is 193 g/mol. The summed E-state index contributed by atoms with van der Waals surface area (Å²) in [6.45, 7) is 2.52. The molecular weight excluding hydrogens is 178 g/mol. The van der Waals surface area contributed by atoms with E-state index in [1.165, 1.54) is 5.01 Å². The lowest BCUT2D eigenvalue weighted by Crippen LogP contribution is -2.40. The monoisotopic (exact) mass is 193 g/mol. The van der Waals surface area contributed by atoms with Crippen LogP contribution in [0.4, 0.5) is 10.5 Å². The molecule has 0 unspecified atom stereocenters. The molecular formula is C10H15N3O. The Labute approximate surface area is 83.7 Å². The minimum Gasteiger partial charge on any atom is -0.307 e. The SMILES string of the molecule is CCCN(N)C(=O)Nc1ccccc1. The fourth-order valence-corrected chi connectivity index (χ4v) is 1.06. The van der Waals surface area contributed by atoms with E-state index in [0.29, 0.717) is 6.54 Å². The maximum atomic E-state index is 11.4. The van der Waals surface area contributed by atoms with Crippen LogP contribution in [0.15, 0.2) is 30.3 Å². The molecule has 0 bridgehead atoms. The van der Waals surface area contributed by atoms with Gasteiger partial charge in [0.15, 0.2) is 0 Å². The van der Waals surface area contributed by atoms with Crippen molar-refractivity contribution in [3.05, 3.63) is 30.3 Å². The average Bonchev–Trinajstić information content (AvgIpc) is 2.19. The van der Waals surface area contributed by atoms with Crippen LogP contribution < -0.4 is 11.2 Å². The number of carbonyl (C=O) groups excluding carboxylic acids is 1. The first kappa shape index (κ1) is 10.5. The van der Waals surface area contributed by atoms with E-state index in [0.717, 1.165) is 12.1 Å². The highest BCUT2D eigenvalue weighted by atomic mass is 16.2. The minimum absolute atomic E-state index is 0.280.